The Kier molecular flexibility index (Phi) is 5.80. The molecule has 6 nitrogen and oxygen atoms in total. The van der Waals surface area contributed by atoms with Gasteiger partial charge in [0.2, 0.25) is 5.91 Å². The molecule has 1 aromatic rings. The van der Waals surface area contributed by atoms with Crippen LogP contribution in [0.25, 0.3) is 0 Å². The van der Waals surface area contributed by atoms with E-state index in [-0.39, 0.29) is 23.0 Å². The molecule has 170 valence electrons. The maximum absolute atomic E-state index is 13.5. The van der Waals surface area contributed by atoms with Crippen LogP contribution in [-0.4, -0.2) is 54.0 Å². The van der Waals surface area contributed by atoms with Gasteiger partial charge in [-0.1, -0.05) is 36.8 Å². The Labute approximate surface area is 186 Å². The Morgan fingerprint density at radius 2 is 1.81 bits per heavy atom. The van der Waals surface area contributed by atoms with Gasteiger partial charge in [0.05, 0.1) is 11.0 Å². The van der Waals surface area contributed by atoms with Gasteiger partial charge in [0, 0.05) is 25.2 Å². The van der Waals surface area contributed by atoms with Gasteiger partial charge in [-0.3, -0.25) is 4.79 Å². The van der Waals surface area contributed by atoms with Crippen LogP contribution in [0.15, 0.2) is 30.3 Å². The van der Waals surface area contributed by atoms with Crippen LogP contribution >= 0.6 is 0 Å². The molecule has 0 aromatic heterocycles. The summed E-state index contributed by atoms with van der Waals surface area (Å²) in [5, 5.41) is 3.62. The van der Waals surface area contributed by atoms with Crippen molar-refractivity contribution in [2.24, 2.45) is 17.1 Å². The van der Waals surface area contributed by atoms with Gasteiger partial charge < -0.3 is 20.9 Å². The molecule has 1 spiro atoms. The Morgan fingerprint density at radius 3 is 2.32 bits per heavy atom. The quantitative estimate of drug-likeness (QED) is 0.701. The van der Waals surface area contributed by atoms with E-state index in [1.165, 1.54) is 24.8 Å². The number of rotatable bonds is 7. The molecule has 3 fully saturated rings. The zero-order valence-corrected chi connectivity index (χ0v) is 19.3. The minimum atomic E-state index is -0.725. The van der Waals surface area contributed by atoms with E-state index in [1.54, 1.807) is 0 Å². The molecule has 2 aliphatic carbocycles. The summed E-state index contributed by atoms with van der Waals surface area (Å²) in [7, 11) is 2.05. The monoisotopic (exact) mass is 426 g/mol. The van der Waals surface area contributed by atoms with Crippen molar-refractivity contribution in [3.63, 3.8) is 0 Å². The molecule has 0 unspecified atom stereocenters. The predicted molar refractivity (Wildman–Crippen MR) is 122 cm³/mol. The van der Waals surface area contributed by atoms with Gasteiger partial charge in [0.1, 0.15) is 0 Å². The van der Waals surface area contributed by atoms with E-state index >= 15 is 0 Å². The zero-order valence-electron chi connectivity index (χ0n) is 19.3. The lowest BCUT2D eigenvalue weighted by atomic mass is 9.68. The van der Waals surface area contributed by atoms with Crippen molar-refractivity contribution < 1.29 is 9.59 Å². The minimum Gasteiger partial charge on any atom is -0.369 e. The lowest BCUT2D eigenvalue weighted by molar-refractivity contribution is -0.126. The van der Waals surface area contributed by atoms with Gasteiger partial charge in [-0.25, -0.2) is 4.79 Å². The van der Waals surface area contributed by atoms with Gasteiger partial charge in [0.25, 0.3) is 0 Å². The summed E-state index contributed by atoms with van der Waals surface area (Å²) in [6.07, 6.45) is 7.64. The average molecular weight is 427 g/mol. The standard InChI is InChI=1S/C25H38N4O2/c1-23(2,21(26)30)17-28-18-24(29(22(28)31)16-19-8-7-9-19)12-14-25(27-3,15-13-24)20-10-5-4-6-11-20/h4-6,10-11,19,27H,7-9,12-18H2,1-3H3,(H2,26,30). The third-order valence-electron chi connectivity index (χ3n) is 8.32. The van der Waals surface area contributed by atoms with Crippen molar-refractivity contribution in [2.45, 2.75) is 69.9 Å². The molecule has 0 bridgehead atoms. The van der Waals surface area contributed by atoms with Crippen molar-refractivity contribution in [3.05, 3.63) is 35.9 Å². The molecule has 0 radical (unpaired) electrons. The topological polar surface area (TPSA) is 78.7 Å². The second-order valence-corrected chi connectivity index (χ2v) is 10.7. The summed E-state index contributed by atoms with van der Waals surface area (Å²) < 4.78 is 0. The molecule has 3 N–H and O–H groups in total. The maximum atomic E-state index is 13.5. The maximum Gasteiger partial charge on any atom is 0.320 e. The highest BCUT2D eigenvalue weighted by molar-refractivity contribution is 5.83. The summed E-state index contributed by atoms with van der Waals surface area (Å²) in [4.78, 5) is 29.6. The highest BCUT2D eigenvalue weighted by atomic mass is 16.2. The molecule has 1 aliphatic heterocycles. The van der Waals surface area contributed by atoms with Crippen LogP contribution in [-0.2, 0) is 10.3 Å². The van der Waals surface area contributed by atoms with Gasteiger partial charge in [-0.05, 0) is 70.9 Å². The second kappa shape index (κ2) is 8.12. The average Bonchev–Trinajstić information content (AvgIpc) is 2.96. The molecule has 31 heavy (non-hydrogen) atoms. The predicted octanol–water partition coefficient (Wildman–Crippen LogP) is 3.46. The van der Waals surface area contributed by atoms with Crippen LogP contribution < -0.4 is 11.1 Å². The lowest BCUT2D eigenvalue weighted by Gasteiger charge is -2.49. The van der Waals surface area contributed by atoms with E-state index in [1.807, 2.05) is 18.7 Å². The number of carbonyl (C=O) groups is 2. The number of hydrogen-bond donors (Lipinski definition) is 2. The molecule has 3 aliphatic rings. The molecule has 1 saturated heterocycles. The molecule has 4 rings (SSSR count). The molecule has 2 saturated carbocycles. The van der Waals surface area contributed by atoms with Gasteiger partial charge in [-0.15, -0.1) is 0 Å². The molecule has 0 atom stereocenters. The number of carbonyl (C=O) groups excluding carboxylic acids is 2. The fourth-order valence-electron chi connectivity index (χ4n) is 5.78. The van der Waals surface area contributed by atoms with E-state index in [2.05, 4.69) is 47.6 Å². The first-order valence-electron chi connectivity index (χ1n) is 11.8. The largest absolute Gasteiger partial charge is 0.369 e. The summed E-state index contributed by atoms with van der Waals surface area (Å²) in [6.45, 7) is 5.62. The molecular weight excluding hydrogens is 388 g/mol. The Bertz CT molecular complexity index is 810. The fourth-order valence-corrected chi connectivity index (χ4v) is 5.78. The fraction of sp³-hybridized carbons (Fsp3) is 0.680. The number of nitrogens with zero attached hydrogens (tertiary/aromatic N) is 2. The smallest absolute Gasteiger partial charge is 0.320 e. The number of benzene rings is 1. The summed E-state index contributed by atoms with van der Waals surface area (Å²) in [6, 6.07) is 10.8. The highest BCUT2D eigenvalue weighted by Gasteiger charge is 2.54. The van der Waals surface area contributed by atoms with E-state index in [0.717, 1.165) is 32.2 Å². The van der Waals surface area contributed by atoms with Crippen LogP contribution in [0.5, 0.6) is 0 Å². The van der Waals surface area contributed by atoms with Crippen LogP contribution in [0.1, 0.15) is 64.4 Å². The lowest BCUT2D eigenvalue weighted by Crippen LogP contribution is -2.56. The van der Waals surface area contributed by atoms with Crippen molar-refractivity contribution in [2.75, 3.05) is 26.7 Å². The molecule has 6 heteroatoms. The number of nitrogens with one attached hydrogen (secondary N) is 1. The SMILES string of the molecule is CNC1(c2ccccc2)CCC2(CC1)CN(CC(C)(C)C(N)=O)C(=O)N2CC1CCC1. The van der Waals surface area contributed by atoms with Crippen LogP contribution in [0.4, 0.5) is 4.79 Å². The van der Waals surface area contributed by atoms with Gasteiger partial charge in [0.15, 0.2) is 0 Å². The number of nitrogens with two attached hydrogens (primary N) is 1. The number of urea groups is 1. The van der Waals surface area contributed by atoms with E-state index in [4.69, 9.17) is 5.73 Å². The van der Waals surface area contributed by atoms with Crippen molar-refractivity contribution in [1.29, 1.82) is 0 Å². The third kappa shape index (κ3) is 3.95. The number of hydrogen-bond acceptors (Lipinski definition) is 3. The molecule has 3 amide bonds. The molecular formula is C25H38N4O2. The molecule has 1 heterocycles. The zero-order chi connectivity index (χ0) is 22.3. The summed E-state index contributed by atoms with van der Waals surface area (Å²) in [5.74, 6) is 0.267. The molecule has 1 aromatic carbocycles. The van der Waals surface area contributed by atoms with E-state index in [0.29, 0.717) is 19.0 Å². The Balaban J connectivity index is 1.57. The summed E-state index contributed by atoms with van der Waals surface area (Å²) >= 11 is 0. The summed E-state index contributed by atoms with van der Waals surface area (Å²) in [5.41, 5.74) is 6.04. The van der Waals surface area contributed by atoms with Crippen LogP contribution in [0, 0.1) is 11.3 Å². The minimum absolute atomic E-state index is 0.0440. The first-order chi connectivity index (χ1) is 14.7. The van der Waals surface area contributed by atoms with Crippen molar-refractivity contribution >= 4 is 11.9 Å². The van der Waals surface area contributed by atoms with Gasteiger partial charge >= 0.3 is 6.03 Å². The van der Waals surface area contributed by atoms with Crippen molar-refractivity contribution in [1.82, 2.24) is 15.1 Å². The van der Waals surface area contributed by atoms with Crippen molar-refractivity contribution in [3.8, 4) is 0 Å². The van der Waals surface area contributed by atoms with Crippen LogP contribution in [0.3, 0.4) is 0 Å². The van der Waals surface area contributed by atoms with Gasteiger partial charge in [-0.2, -0.15) is 0 Å². The first kappa shape index (κ1) is 22.1. The Hall–Kier alpha value is -2.08. The Morgan fingerprint density at radius 1 is 1.16 bits per heavy atom. The first-order valence-corrected chi connectivity index (χ1v) is 11.8. The van der Waals surface area contributed by atoms with Crippen LogP contribution in [0.2, 0.25) is 0 Å². The number of amides is 3. The van der Waals surface area contributed by atoms with E-state index in [9.17, 15) is 9.59 Å². The number of primary amides is 1. The normalized spacial score (nSPS) is 29.5. The highest BCUT2D eigenvalue weighted by Crippen LogP contribution is 2.48. The third-order valence-corrected chi connectivity index (χ3v) is 8.32. The second-order valence-electron chi connectivity index (χ2n) is 10.7. The van der Waals surface area contributed by atoms with E-state index < -0.39 is 5.41 Å².